The third-order valence-electron chi connectivity index (χ3n) is 3.25. The van der Waals surface area contributed by atoms with Crippen molar-refractivity contribution in [2.24, 2.45) is 0 Å². The van der Waals surface area contributed by atoms with Crippen LogP contribution in [0.4, 0.5) is 4.39 Å². The Morgan fingerprint density at radius 1 is 1.17 bits per heavy atom. The molecule has 0 saturated heterocycles. The van der Waals surface area contributed by atoms with E-state index in [0.717, 1.165) is 17.4 Å². The van der Waals surface area contributed by atoms with E-state index in [1.807, 2.05) is 6.92 Å². The molecule has 0 amide bonds. The maximum absolute atomic E-state index is 13.0. The fourth-order valence-corrected chi connectivity index (χ4v) is 2.22. The van der Waals surface area contributed by atoms with Crippen LogP contribution in [0.5, 0.6) is 11.5 Å². The molecule has 0 heterocycles. The molecule has 120 valence electrons. The van der Waals surface area contributed by atoms with Crippen molar-refractivity contribution >= 4 is 6.29 Å². The average Bonchev–Trinajstić information content (AvgIpc) is 2.56. The van der Waals surface area contributed by atoms with Crippen LogP contribution in [-0.4, -0.2) is 12.9 Å². The number of halogens is 1. The van der Waals surface area contributed by atoms with Gasteiger partial charge in [-0.2, -0.15) is 0 Å². The van der Waals surface area contributed by atoms with Gasteiger partial charge in [-0.15, -0.1) is 6.58 Å². The maximum Gasteiger partial charge on any atom is 0.165 e. The molecule has 0 aliphatic carbocycles. The summed E-state index contributed by atoms with van der Waals surface area (Å²) in [5, 5.41) is 0. The third kappa shape index (κ3) is 4.42. The van der Waals surface area contributed by atoms with Gasteiger partial charge in [0.1, 0.15) is 18.7 Å². The lowest BCUT2D eigenvalue weighted by atomic mass is 10.1. The van der Waals surface area contributed by atoms with Gasteiger partial charge in [-0.3, -0.25) is 4.79 Å². The van der Waals surface area contributed by atoms with Crippen LogP contribution in [0, 0.1) is 5.82 Å². The number of carbonyl (C=O) groups is 1. The summed E-state index contributed by atoms with van der Waals surface area (Å²) >= 11 is 0. The zero-order valence-electron chi connectivity index (χ0n) is 13.0. The first kappa shape index (κ1) is 16.7. The number of aldehydes is 1. The molecule has 0 aliphatic rings. The molecule has 0 atom stereocenters. The average molecular weight is 314 g/mol. The predicted octanol–water partition coefficient (Wildman–Crippen LogP) is 4.34. The van der Waals surface area contributed by atoms with Crippen LogP contribution >= 0.6 is 0 Å². The molecule has 0 bridgehead atoms. The molecule has 3 nitrogen and oxygen atoms in total. The maximum atomic E-state index is 13.0. The van der Waals surface area contributed by atoms with Crippen molar-refractivity contribution in [1.82, 2.24) is 0 Å². The Kier molecular flexibility index (Phi) is 5.92. The first-order chi connectivity index (χ1) is 11.2. The SMILES string of the molecule is C=CCc1cc(C=O)cc(OCC)c1OCc1ccc(F)cc1. The zero-order chi connectivity index (χ0) is 16.7. The van der Waals surface area contributed by atoms with Crippen LogP contribution < -0.4 is 9.47 Å². The van der Waals surface area contributed by atoms with E-state index in [0.29, 0.717) is 30.1 Å². The summed E-state index contributed by atoms with van der Waals surface area (Å²) < 4.78 is 24.4. The number of rotatable bonds is 8. The molecule has 2 rings (SSSR count). The van der Waals surface area contributed by atoms with Crippen LogP contribution in [0.1, 0.15) is 28.4 Å². The number of carbonyl (C=O) groups excluding carboxylic acids is 1. The Morgan fingerprint density at radius 3 is 2.52 bits per heavy atom. The van der Waals surface area contributed by atoms with E-state index in [2.05, 4.69) is 6.58 Å². The first-order valence-corrected chi connectivity index (χ1v) is 7.41. The largest absolute Gasteiger partial charge is 0.490 e. The fourth-order valence-electron chi connectivity index (χ4n) is 2.22. The van der Waals surface area contributed by atoms with Crippen molar-refractivity contribution in [2.45, 2.75) is 20.0 Å². The summed E-state index contributed by atoms with van der Waals surface area (Å²) in [7, 11) is 0. The quantitative estimate of drug-likeness (QED) is 0.537. The molecule has 4 heteroatoms. The highest BCUT2D eigenvalue weighted by molar-refractivity contribution is 5.77. The lowest BCUT2D eigenvalue weighted by Gasteiger charge is -2.16. The first-order valence-electron chi connectivity index (χ1n) is 7.41. The number of hydrogen-bond donors (Lipinski definition) is 0. The van der Waals surface area contributed by atoms with E-state index in [-0.39, 0.29) is 12.4 Å². The summed E-state index contributed by atoms with van der Waals surface area (Å²) in [6.07, 6.45) is 3.07. The second-order valence-electron chi connectivity index (χ2n) is 4.97. The van der Waals surface area contributed by atoms with Gasteiger partial charge in [-0.25, -0.2) is 4.39 Å². The summed E-state index contributed by atoms with van der Waals surface area (Å²) in [6, 6.07) is 9.54. The van der Waals surface area contributed by atoms with Crippen LogP contribution in [0.2, 0.25) is 0 Å². The van der Waals surface area contributed by atoms with Gasteiger partial charge in [0, 0.05) is 11.1 Å². The smallest absolute Gasteiger partial charge is 0.165 e. The van der Waals surface area contributed by atoms with Crippen molar-refractivity contribution in [1.29, 1.82) is 0 Å². The van der Waals surface area contributed by atoms with Crippen LogP contribution in [0.3, 0.4) is 0 Å². The highest BCUT2D eigenvalue weighted by Crippen LogP contribution is 2.34. The van der Waals surface area contributed by atoms with Crippen molar-refractivity contribution in [3.63, 3.8) is 0 Å². The van der Waals surface area contributed by atoms with E-state index in [4.69, 9.17) is 9.47 Å². The minimum atomic E-state index is -0.286. The van der Waals surface area contributed by atoms with Gasteiger partial charge in [0.15, 0.2) is 11.5 Å². The number of allylic oxidation sites excluding steroid dienone is 1. The van der Waals surface area contributed by atoms with Crippen LogP contribution in [0.15, 0.2) is 49.1 Å². The van der Waals surface area contributed by atoms with Gasteiger partial charge >= 0.3 is 0 Å². The Balaban J connectivity index is 2.31. The summed E-state index contributed by atoms with van der Waals surface area (Å²) in [4.78, 5) is 11.1. The van der Waals surface area contributed by atoms with E-state index in [1.54, 1.807) is 30.3 Å². The molecule has 23 heavy (non-hydrogen) atoms. The van der Waals surface area contributed by atoms with Gasteiger partial charge in [0.2, 0.25) is 0 Å². The molecule has 0 saturated carbocycles. The second-order valence-corrected chi connectivity index (χ2v) is 4.97. The van der Waals surface area contributed by atoms with E-state index in [1.165, 1.54) is 12.1 Å². The van der Waals surface area contributed by atoms with Gasteiger partial charge in [-0.05, 0) is 43.2 Å². The van der Waals surface area contributed by atoms with Gasteiger partial charge in [0.05, 0.1) is 6.61 Å². The Hall–Kier alpha value is -2.62. The molecule has 0 aliphatic heterocycles. The molecule has 0 aromatic heterocycles. The molecule has 0 N–H and O–H groups in total. The fraction of sp³-hybridized carbons (Fsp3) is 0.211. The lowest BCUT2D eigenvalue weighted by Crippen LogP contribution is -2.04. The van der Waals surface area contributed by atoms with E-state index in [9.17, 15) is 9.18 Å². The van der Waals surface area contributed by atoms with Crippen LogP contribution in [0.25, 0.3) is 0 Å². The molecular weight excluding hydrogens is 295 g/mol. The van der Waals surface area contributed by atoms with Crippen molar-refractivity contribution in [3.8, 4) is 11.5 Å². The molecule has 2 aromatic rings. The predicted molar refractivity (Wildman–Crippen MR) is 87.6 cm³/mol. The minimum absolute atomic E-state index is 0.283. The van der Waals surface area contributed by atoms with Gasteiger partial charge in [0.25, 0.3) is 0 Å². The Bertz CT molecular complexity index is 678. The molecule has 0 spiro atoms. The van der Waals surface area contributed by atoms with Crippen molar-refractivity contribution < 1.29 is 18.7 Å². The van der Waals surface area contributed by atoms with Crippen LogP contribution in [-0.2, 0) is 13.0 Å². The van der Waals surface area contributed by atoms with Gasteiger partial charge < -0.3 is 9.47 Å². The molecule has 0 radical (unpaired) electrons. The number of hydrogen-bond acceptors (Lipinski definition) is 3. The highest BCUT2D eigenvalue weighted by Gasteiger charge is 2.13. The lowest BCUT2D eigenvalue weighted by molar-refractivity contribution is 0.112. The Morgan fingerprint density at radius 2 is 1.91 bits per heavy atom. The second kappa shape index (κ2) is 8.13. The van der Waals surface area contributed by atoms with Crippen molar-refractivity contribution in [2.75, 3.05) is 6.61 Å². The molecule has 0 unspecified atom stereocenters. The highest BCUT2D eigenvalue weighted by atomic mass is 19.1. The number of ether oxygens (including phenoxy) is 2. The molecule has 2 aromatic carbocycles. The molecular formula is C19H19FO3. The van der Waals surface area contributed by atoms with E-state index >= 15 is 0 Å². The van der Waals surface area contributed by atoms with Gasteiger partial charge in [-0.1, -0.05) is 18.2 Å². The third-order valence-corrected chi connectivity index (χ3v) is 3.25. The monoisotopic (exact) mass is 314 g/mol. The summed E-state index contributed by atoms with van der Waals surface area (Å²) in [6.45, 7) is 6.34. The zero-order valence-corrected chi connectivity index (χ0v) is 13.0. The topological polar surface area (TPSA) is 35.5 Å². The number of benzene rings is 2. The Labute approximate surface area is 135 Å². The standard InChI is InChI=1S/C19H19FO3/c1-3-5-16-10-15(12-21)11-18(22-4-2)19(16)23-13-14-6-8-17(20)9-7-14/h3,6-12H,1,4-5,13H2,2H3. The molecule has 0 fully saturated rings. The van der Waals surface area contributed by atoms with E-state index < -0.39 is 0 Å². The normalized spacial score (nSPS) is 10.2. The minimum Gasteiger partial charge on any atom is -0.490 e. The van der Waals surface area contributed by atoms with Crippen molar-refractivity contribution in [3.05, 3.63) is 71.6 Å². The summed E-state index contributed by atoms with van der Waals surface area (Å²) in [5.74, 6) is 0.823. The summed E-state index contributed by atoms with van der Waals surface area (Å²) in [5.41, 5.74) is 2.20.